The Kier molecular flexibility index (Phi) is 3.78. The highest BCUT2D eigenvalue weighted by molar-refractivity contribution is 9.11. The molecule has 0 aromatic carbocycles. The van der Waals surface area contributed by atoms with Crippen LogP contribution in [0.1, 0.15) is 18.2 Å². The van der Waals surface area contributed by atoms with Crippen molar-refractivity contribution in [1.82, 2.24) is 10.3 Å². The quantitative estimate of drug-likeness (QED) is 0.938. The van der Waals surface area contributed by atoms with Gasteiger partial charge in [0.1, 0.15) is 5.69 Å². The first kappa shape index (κ1) is 11.8. The van der Waals surface area contributed by atoms with E-state index in [9.17, 15) is 0 Å². The summed E-state index contributed by atoms with van der Waals surface area (Å²) in [7, 11) is 0. The van der Waals surface area contributed by atoms with Crippen LogP contribution in [0, 0.1) is 6.92 Å². The lowest BCUT2D eigenvalue weighted by molar-refractivity contribution is 0.571. The van der Waals surface area contributed by atoms with E-state index in [1.54, 1.807) is 11.3 Å². The number of hydrogen-bond acceptors (Lipinski definition) is 4. The summed E-state index contributed by atoms with van der Waals surface area (Å²) in [5.74, 6) is 0.875. The fourth-order valence-corrected chi connectivity index (χ4v) is 2.96. The number of hydrogen-bond donors (Lipinski definition) is 1. The van der Waals surface area contributed by atoms with Crippen molar-refractivity contribution in [3.05, 3.63) is 27.5 Å². The van der Waals surface area contributed by atoms with Crippen molar-refractivity contribution in [2.45, 2.75) is 20.4 Å². The molecule has 0 aliphatic carbocycles. The third kappa shape index (κ3) is 2.36. The van der Waals surface area contributed by atoms with Gasteiger partial charge in [-0.2, -0.15) is 0 Å². The van der Waals surface area contributed by atoms with Crippen LogP contribution >= 0.6 is 27.3 Å². The Hall–Kier alpha value is -0.650. The van der Waals surface area contributed by atoms with Gasteiger partial charge in [0.05, 0.1) is 8.66 Å². The lowest BCUT2D eigenvalue weighted by atomic mass is 10.2. The number of nitrogens with one attached hydrogen (secondary N) is 1. The topological polar surface area (TPSA) is 38.1 Å². The number of thiophene rings is 1. The molecule has 2 aromatic heterocycles. The molecular formula is C11H13BrN2OS. The van der Waals surface area contributed by atoms with Gasteiger partial charge in [-0.15, -0.1) is 11.3 Å². The average molecular weight is 301 g/mol. The first-order valence-corrected chi connectivity index (χ1v) is 6.72. The maximum Gasteiger partial charge on any atom is 0.181 e. The molecule has 16 heavy (non-hydrogen) atoms. The van der Waals surface area contributed by atoms with Gasteiger partial charge < -0.3 is 9.73 Å². The Bertz CT molecular complexity index is 459. The fourth-order valence-electron chi connectivity index (χ4n) is 1.41. The molecule has 3 nitrogen and oxygen atoms in total. The number of halogens is 1. The van der Waals surface area contributed by atoms with Crippen LogP contribution in [-0.2, 0) is 6.54 Å². The molecule has 0 bridgehead atoms. The molecule has 0 saturated heterocycles. The van der Waals surface area contributed by atoms with Crippen molar-refractivity contribution in [3.63, 3.8) is 0 Å². The molecule has 0 spiro atoms. The SMILES string of the molecule is CCNCc1ncoc1-c1cc(C)c(Br)s1. The zero-order valence-corrected chi connectivity index (χ0v) is 11.6. The number of nitrogens with zero attached hydrogens (tertiary/aromatic N) is 1. The van der Waals surface area contributed by atoms with E-state index in [4.69, 9.17) is 4.42 Å². The molecular weight excluding hydrogens is 288 g/mol. The van der Waals surface area contributed by atoms with Crippen molar-refractivity contribution in [1.29, 1.82) is 0 Å². The number of rotatable bonds is 4. The predicted octanol–water partition coefficient (Wildman–Crippen LogP) is 3.58. The Morgan fingerprint density at radius 3 is 3.00 bits per heavy atom. The van der Waals surface area contributed by atoms with Gasteiger partial charge in [0, 0.05) is 6.54 Å². The van der Waals surface area contributed by atoms with Gasteiger partial charge in [0.2, 0.25) is 0 Å². The summed E-state index contributed by atoms with van der Waals surface area (Å²) in [4.78, 5) is 5.35. The van der Waals surface area contributed by atoms with Crippen molar-refractivity contribution >= 4 is 27.3 Å². The first-order valence-electron chi connectivity index (χ1n) is 5.11. The van der Waals surface area contributed by atoms with Gasteiger partial charge in [-0.25, -0.2) is 4.98 Å². The Balaban J connectivity index is 2.29. The maximum absolute atomic E-state index is 5.45. The van der Waals surface area contributed by atoms with Gasteiger partial charge >= 0.3 is 0 Å². The molecule has 0 amide bonds. The van der Waals surface area contributed by atoms with Crippen molar-refractivity contribution < 1.29 is 4.42 Å². The number of aromatic nitrogens is 1. The maximum atomic E-state index is 5.45. The molecule has 0 aliphatic rings. The zero-order valence-electron chi connectivity index (χ0n) is 9.21. The lowest BCUT2D eigenvalue weighted by Gasteiger charge is -1.99. The Morgan fingerprint density at radius 1 is 1.56 bits per heavy atom. The van der Waals surface area contributed by atoms with E-state index in [1.165, 1.54) is 12.0 Å². The average Bonchev–Trinajstić information content (AvgIpc) is 2.83. The Morgan fingerprint density at radius 2 is 2.38 bits per heavy atom. The third-order valence-electron chi connectivity index (χ3n) is 2.26. The van der Waals surface area contributed by atoms with Crippen LogP contribution < -0.4 is 5.32 Å². The molecule has 0 saturated carbocycles. The molecule has 0 unspecified atom stereocenters. The van der Waals surface area contributed by atoms with Crippen LogP contribution in [0.25, 0.3) is 10.6 Å². The molecule has 0 fully saturated rings. The smallest absolute Gasteiger partial charge is 0.181 e. The summed E-state index contributed by atoms with van der Waals surface area (Å²) in [6.45, 7) is 5.83. The van der Waals surface area contributed by atoms with E-state index < -0.39 is 0 Å². The molecule has 2 aromatic rings. The van der Waals surface area contributed by atoms with E-state index in [-0.39, 0.29) is 0 Å². The molecule has 0 radical (unpaired) electrons. The predicted molar refractivity (Wildman–Crippen MR) is 69.6 cm³/mol. The van der Waals surface area contributed by atoms with Crippen LogP contribution in [0.4, 0.5) is 0 Å². The number of aryl methyl sites for hydroxylation is 1. The molecule has 2 heterocycles. The molecule has 86 valence electrons. The summed E-state index contributed by atoms with van der Waals surface area (Å²) in [6.07, 6.45) is 1.50. The molecule has 0 atom stereocenters. The number of oxazole rings is 1. The van der Waals surface area contributed by atoms with Gasteiger partial charge in [-0.1, -0.05) is 6.92 Å². The summed E-state index contributed by atoms with van der Waals surface area (Å²) in [5.41, 5.74) is 2.20. The van der Waals surface area contributed by atoms with Gasteiger partial charge in [-0.3, -0.25) is 0 Å². The second-order valence-corrected chi connectivity index (χ2v) is 5.85. The largest absolute Gasteiger partial charge is 0.442 e. The second kappa shape index (κ2) is 5.12. The minimum Gasteiger partial charge on any atom is -0.442 e. The minimum absolute atomic E-state index is 0.747. The lowest BCUT2D eigenvalue weighted by Crippen LogP contribution is -2.12. The highest BCUT2D eigenvalue weighted by Gasteiger charge is 2.13. The molecule has 5 heteroatoms. The van der Waals surface area contributed by atoms with Crippen molar-refractivity contribution in [2.24, 2.45) is 0 Å². The van der Waals surface area contributed by atoms with Gasteiger partial charge in [-0.05, 0) is 41.0 Å². The molecule has 0 aliphatic heterocycles. The van der Waals surface area contributed by atoms with Crippen molar-refractivity contribution in [3.8, 4) is 10.6 Å². The minimum atomic E-state index is 0.747. The van der Waals surface area contributed by atoms with Crippen LogP contribution in [0.2, 0.25) is 0 Å². The van der Waals surface area contributed by atoms with Gasteiger partial charge in [0.25, 0.3) is 0 Å². The summed E-state index contributed by atoms with van der Waals surface area (Å²) in [5, 5.41) is 3.25. The van der Waals surface area contributed by atoms with Gasteiger partial charge in [0.15, 0.2) is 12.2 Å². The highest BCUT2D eigenvalue weighted by atomic mass is 79.9. The summed E-state index contributed by atoms with van der Waals surface area (Å²) >= 11 is 5.19. The Labute approximate surface area is 107 Å². The molecule has 1 N–H and O–H groups in total. The second-order valence-electron chi connectivity index (χ2n) is 3.48. The summed E-state index contributed by atoms with van der Waals surface area (Å²) in [6, 6.07) is 2.12. The van der Waals surface area contributed by atoms with E-state index in [2.05, 4.69) is 46.1 Å². The third-order valence-corrected chi connectivity index (χ3v) is 4.40. The highest BCUT2D eigenvalue weighted by Crippen LogP contribution is 2.36. The van der Waals surface area contributed by atoms with Crippen LogP contribution in [0.15, 0.2) is 20.7 Å². The van der Waals surface area contributed by atoms with Crippen molar-refractivity contribution in [2.75, 3.05) is 6.54 Å². The van der Waals surface area contributed by atoms with E-state index in [1.807, 2.05) is 0 Å². The zero-order chi connectivity index (χ0) is 11.5. The van der Waals surface area contributed by atoms with Crippen LogP contribution in [-0.4, -0.2) is 11.5 Å². The van der Waals surface area contributed by atoms with E-state index in [0.717, 1.165) is 33.2 Å². The van der Waals surface area contributed by atoms with Crippen LogP contribution in [0.3, 0.4) is 0 Å². The van der Waals surface area contributed by atoms with Crippen LogP contribution in [0.5, 0.6) is 0 Å². The summed E-state index contributed by atoms with van der Waals surface area (Å²) < 4.78 is 6.60. The first-order chi connectivity index (χ1) is 7.72. The molecule has 2 rings (SSSR count). The normalized spacial score (nSPS) is 10.9. The monoisotopic (exact) mass is 300 g/mol. The van der Waals surface area contributed by atoms with E-state index >= 15 is 0 Å². The van der Waals surface area contributed by atoms with E-state index in [0.29, 0.717) is 0 Å². The standard InChI is InChI=1S/C11H13BrN2OS/c1-3-13-5-8-10(15-6-14-8)9-4-7(2)11(12)16-9/h4,6,13H,3,5H2,1-2H3. The fraction of sp³-hybridized carbons (Fsp3) is 0.364.